The van der Waals surface area contributed by atoms with Gasteiger partial charge in [0.05, 0.1) is 0 Å². The standard InChI is InChI=1S/C15H8FN3O2S/c16-10-3-1-9(2-4-10)12-6-5-11(21-12)7-13-14(20)19-15(22-13)17-8-18-19/h1-8H/b13-7-. The molecular formula is C15H8FN3O2S. The van der Waals surface area contributed by atoms with Crippen molar-refractivity contribution in [1.29, 1.82) is 0 Å². The van der Waals surface area contributed by atoms with Crippen molar-refractivity contribution in [2.24, 2.45) is 0 Å². The molecular weight excluding hydrogens is 305 g/mol. The Morgan fingerprint density at radius 2 is 2.00 bits per heavy atom. The molecule has 22 heavy (non-hydrogen) atoms. The maximum absolute atomic E-state index is 12.9. The van der Waals surface area contributed by atoms with E-state index in [-0.39, 0.29) is 11.4 Å². The molecule has 0 saturated heterocycles. The summed E-state index contributed by atoms with van der Waals surface area (Å²) >= 11 is 1.24. The summed E-state index contributed by atoms with van der Waals surface area (Å²) in [6.45, 7) is 0. The second-order valence-electron chi connectivity index (χ2n) is 4.58. The number of rotatable bonds is 2. The van der Waals surface area contributed by atoms with Gasteiger partial charge >= 0.3 is 0 Å². The van der Waals surface area contributed by atoms with Crippen molar-refractivity contribution >= 4 is 22.4 Å². The molecule has 0 N–H and O–H groups in total. The Morgan fingerprint density at radius 3 is 2.77 bits per heavy atom. The van der Waals surface area contributed by atoms with Crippen molar-refractivity contribution < 1.29 is 8.81 Å². The summed E-state index contributed by atoms with van der Waals surface area (Å²) in [7, 11) is 0. The van der Waals surface area contributed by atoms with Crippen molar-refractivity contribution in [3.05, 3.63) is 69.2 Å². The number of thiazole rings is 1. The topological polar surface area (TPSA) is 60.4 Å². The van der Waals surface area contributed by atoms with Crippen LogP contribution in [-0.2, 0) is 0 Å². The predicted octanol–water partition coefficient (Wildman–Crippen LogP) is 2.10. The normalized spacial score (nSPS) is 12.3. The highest BCUT2D eigenvalue weighted by Crippen LogP contribution is 2.22. The Morgan fingerprint density at radius 1 is 1.18 bits per heavy atom. The number of fused-ring (bicyclic) bond motifs is 1. The Labute approximate surface area is 127 Å². The lowest BCUT2D eigenvalue weighted by molar-refractivity contribution is 0.571. The van der Waals surface area contributed by atoms with Crippen LogP contribution in [0, 0.1) is 5.82 Å². The molecule has 0 saturated carbocycles. The number of nitrogens with zero attached hydrogens (tertiary/aromatic N) is 3. The highest BCUT2D eigenvalue weighted by molar-refractivity contribution is 7.15. The predicted molar refractivity (Wildman–Crippen MR) is 80.0 cm³/mol. The van der Waals surface area contributed by atoms with Crippen molar-refractivity contribution in [3.63, 3.8) is 0 Å². The molecule has 7 heteroatoms. The quantitative estimate of drug-likeness (QED) is 0.568. The molecule has 1 aromatic carbocycles. The molecule has 0 unspecified atom stereocenters. The minimum Gasteiger partial charge on any atom is -0.457 e. The Kier molecular flexibility index (Phi) is 2.87. The van der Waals surface area contributed by atoms with E-state index < -0.39 is 0 Å². The summed E-state index contributed by atoms with van der Waals surface area (Å²) in [6.07, 6.45) is 2.99. The highest BCUT2D eigenvalue weighted by atomic mass is 32.1. The lowest BCUT2D eigenvalue weighted by Crippen LogP contribution is -2.23. The van der Waals surface area contributed by atoms with E-state index in [1.165, 1.54) is 34.3 Å². The van der Waals surface area contributed by atoms with Crippen LogP contribution < -0.4 is 10.1 Å². The third-order valence-corrected chi connectivity index (χ3v) is 4.12. The summed E-state index contributed by atoms with van der Waals surface area (Å²) in [5.41, 5.74) is 0.545. The lowest BCUT2D eigenvalue weighted by atomic mass is 10.2. The summed E-state index contributed by atoms with van der Waals surface area (Å²) < 4.78 is 20.4. The molecule has 4 rings (SSSR count). The first-order valence-electron chi connectivity index (χ1n) is 6.41. The first-order valence-corrected chi connectivity index (χ1v) is 7.22. The van der Waals surface area contributed by atoms with Crippen LogP contribution in [0.1, 0.15) is 5.76 Å². The van der Waals surface area contributed by atoms with Gasteiger partial charge in [-0.15, -0.1) is 0 Å². The highest BCUT2D eigenvalue weighted by Gasteiger charge is 2.07. The van der Waals surface area contributed by atoms with Crippen molar-refractivity contribution in [3.8, 4) is 11.3 Å². The van der Waals surface area contributed by atoms with E-state index in [0.717, 1.165) is 5.56 Å². The van der Waals surface area contributed by atoms with E-state index in [1.54, 1.807) is 30.3 Å². The van der Waals surface area contributed by atoms with Crippen molar-refractivity contribution in [1.82, 2.24) is 14.6 Å². The summed E-state index contributed by atoms with van der Waals surface area (Å²) in [6, 6.07) is 9.56. The van der Waals surface area contributed by atoms with Crippen LogP contribution in [0.4, 0.5) is 4.39 Å². The van der Waals surface area contributed by atoms with Crippen LogP contribution in [0.3, 0.4) is 0 Å². The van der Waals surface area contributed by atoms with Crippen LogP contribution in [-0.4, -0.2) is 14.6 Å². The van der Waals surface area contributed by atoms with Crippen LogP contribution in [0.25, 0.3) is 22.4 Å². The summed E-state index contributed by atoms with van der Waals surface area (Å²) in [5.74, 6) is 0.853. The summed E-state index contributed by atoms with van der Waals surface area (Å²) in [4.78, 5) is 16.6. The van der Waals surface area contributed by atoms with Gasteiger partial charge in [0, 0.05) is 11.6 Å². The van der Waals surface area contributed by atoms with Gasteiger partial charge in [-0.3, -0.25) is 4.79 Å². The molecule has 0 aliphatic carbocycles. The fourth-order valence-electron chi connectivity index (χ4n) is 2.11. The molecule has 3 aromatic heterocycles. The summed E-state index contributed by atoms with van der Waals surface area (Å²) in [5, 5.41) is 3.86. The van der Waals surface area contributed by atoms with Gasteiger partial charge in [0.15, 0.2) is 0 Å². The van der Waals surface area contributed by atoms with Gasteiger partial charge in [0.2, 0.25) is 4.96 Å². The molecule has 4 aromatic rings. The molecule has 0 fully saturated rings. The zero-order valence-electron chi connectivity index (χ0n) is 11.1. The smallest absolute Gasteiger partial charge is 0.291 e. The fourth-order valence-corrected chi connectivity index (χ4v) is 2.97. The number of hydrogen-bond acceptors (Lipinski definition) is 5. The van der Waals surface area contributed by atoms with Crippen LogP contribution in [0.5, 0.6) is 0 Å². The van der Waals surface area contributed by atoms with Gasteiger partial charge in [-0.1, -0.05) is 11.3 Å². The average Bonchev–Trinajstić information content (AvgIpc) is 3.21. The molecule has 0 aliphatic rings. The van der Waals surface area contributed by atoms with Gasteiger partial charge in [-0.05, 0) is 36.4 Å². The molecule has 0 spiro atoms. The first kappa shape index (κ1) is 12.9. The third-order valence-electron chi connectivity index (χ3n) is 3.15. The SMILES string of the molecule is O=c1/c(=C/c2ccc(-c3ccc(F)cc3)o2)sc2ncnn12. The molecule has 0 bridgehead atoms. The lowest BCUT2D eigenvalue weighted by Gasteiger charge is -1.95. The van der Waals surface area contributed by atoms with Gasteiger partial charge < -0.3 is 4.42 Å². The van der Waals surface area contributed by atoms with Gasteiger partial charge in [-0.25, -0.2) is 9.37 Å². The maximum atomic E-state index is 12.9. The van der Waals surface area contributed by atoms with Crippen LogP contribution in [0.2, 0.25) is 0 Å². The molecule has 0 atom stereocenters. The zero-order chi connectivity index (χ0) is 15.1. The third kappa shape index (κ3) is 2.11. The van der Waals surface area contributed by atoms with Gasteiger partial charge in [-0.2, -0.15) is 9.61 Å². The van der Waals surface area contributed by atoms with Crippen molar-refractivity contribution in [2.45, 2.75) is 0 Å². The fraction of sp³-hybridized carbons (Fsp3) is 0. The monoisotopic (exact) mass is 313 g/mol. The largest absolute Gasteiger partial charge is 0.457 e. The zero-order valence-corrected chi connectivity index (χ0v) is 11.9. The second kappa shape index (κ2) is 4.88. The molecule has 3 heterocycles. The number of furan rings is 1. The molecule has 108 valence electrons. The van der Waals surface area contributed by atoms with E-state index in [4.69, 9.17) is 4.42 Å². The molecule has 0 amide bonds. The minimum atomic E-state index is -0.299. The minimum absolute atomic E-state index is 0.225. The van der Waals surface area contributed by atoms with Crippen LogP contribution in [0.15, 0.2) is 51.9 Å². The van der Waals surface area contributed by atoms with Gasteiger partial charge in [0.1, 0.15) is 28.2 Å². The molecule has 0 radical (unpaired) electrons. The maximum Gasteiger partial charge on any atom is 0.291 e. The molecule has 0 aliphatic heterocycles. The average molecular weight is 313 g/mol. The number of halogens is 1. The van der Waals surface area contributed by atoms with Crippen molar-refractivity contribution in [2.75, 3.05) is 0 Å². The van der Waals surface area contributed by atoms with E-state index >= 15 is 0 Å². The van der Waals surface area contributed by atoms with E-state index in [9.17, 15) is 9.18 Å². The number of aromatic nitrogens is 3. The van der Waals surface area contributed by atoms with E-state index in [0.29, 0.717) is 21.0 Å². The Balaban J connectivity index is 1.76. The van der Waals surface area contributed by atoms with Gasteiger partial charge in [0.25, 0.3) is 5.56 Å². The number of benzene rings is 1. The Bertz CT molecular complexity index is 1060. The first-order chi connectivity index (χ1) is 10.7. The van der Waals surface area contributed by atoms with Crippen LogP contribution >= 0.6 is 11.3 Å². The number of hydrogen-bond donors (Lipinski definition) is 0. The molecule has 5 nitrogen and oxygen atoms in total. The van der Waals surface area contributed by atoms with E-state index in [1.807, 2.05) is 0 Å². The Hall–Kier alpha value is -2.80. The van der Waals surface area contributed by atoms with E-state index in [2.05, 4.69) is 10.1 Å². The second-order valence-corrected chi connectivity index (χ2v) is 5.59.